The summed E-state index contributed by atoms with van der Waals surface area (Å²) in [5, 5.41) is 3.54. The van der Waals surface area contributed by atoms with Crippen LogP contribution in [0.5, 0.6) is 0 Å². The Hall–Kier alpha value is -0.760. The van der Waals surface area contributed by atoms with Gasteiger partial charge in [-0.25, -0.2) is 8.42 Å². The number of benzene rings is 1. The van der Waals surface area contributed by atoms with E-state index >= 15 is 0 Å². The molecule has 0 saturated carbocycles. The van der Waals surface area contributed by atoms with E-state index in [1.165, 1.54) is 4.31 Å². The standard InChI is InChI=1S/C15H21ClN2O3S2/c1-23(20,21)18-10-3-2-4-14(18)15(19)17-9-11-22-13-7-5-12(16)6-8-13/h5-8,14H,2-4,9-11H2,1H3,(H,17,19). The number of sulfonamides is 1. The van der Waals surface area contributed by atoms with Crippen molar-refractivity contribution in [1.82, 2.24) is 9.62 Å². The van der Waals surface area contributed by atoms with Crippen LogP contribution in [-0.4, -0.2) is 49.8 Å². The number of carbonyl (C=O) groups is 1. The highest BCUT2D eigenvalue weighted by atomic mass is 35.5. The molecule has 1 unspecified atom stereocenters. The molecule has 0 aromatic heterocycles. The van der Waals surface area contributed by atoms with Gasteiger partial charge in [-0.15, -0.1) is 11.8 Å². The third kappa shape index (κ3) is 5.67. The molecule has 1 aliphatic heterocycles. The Bertz CT molecular complexity index is 635. The molecule has 8 heteroatoms. The second-order valence-electron chi connectivity index (χ2n) is 5.48. The van der Waals surface area contributed by atoms with Crippen molar-refractivity contribution >= 4 is 39.3 Å². The molecule has 1 aromatic rings. The van der Waals surface area contributed by atoms with Gasteiger partial charge in [-0.05, 0) is 37.1 Å². The lowest BCUT2D eigenvalue weighted by Crippen LogP contribution is -2.51. The first kappa shape index (κ1) is 18.6. The minimum atomic E-state index is -3.34. The number of hydrogen-bond donors (Lipinski definition) is 1. The second kappa shape index (κ2) is 8.37. The van der Waals surface area contributed by atoms with Crippen molar-refractivity contribution in [3.8, 4) is 0 Å². The van der Waals surface area contributed by atoms with Crippen molar-refractivity contribution in [2.45, 2.75) is 30.2 Å². The molecule has 0 radical (unpaired) electrons. The normalized spacial score (nSPS) is 19.5. The first-order valence-corrected chi connectivity index (χ1v) is 10.7. The molecule has 1 N–H and O–H groups in total. The Morgan fingerprint density at radius 1 is 1.35 bits per heavy atom. The van der Waals surface area contributed by atoms with E-state index in [1.54, 1.807) is 11.8 Å². The van der Waals surface area contributed by atoms with E-state index in [-0.39, 0.29) is 5.91 Å². The average Bonchev–Trinajstić information content (AvgIpc) is 2.52. The van der Waals surface area contributed by atoms with Crippen molar-refractivity contribution in [3.63, 3.8) is 0 Å². The molecular formula is C15H21ClN2O3S2. The van der Waals surface area contributed by atoms with Crippen LogP contribution in [0.1, 0.15) is 19.3 Å². The number of carbonyl (C=O) groups excluding carboxylic acids is 1. The highest BCUT2D eigenvalue weighted by molar-refractivity contribution is 7.99. The van der Waals surface area contributed by atoms with E-state index < -0.39 is 16.1 Å². The maximum Gasteiger partial charge on any atom is 0.238 e. The molecule has 1 fully saturated rings. The summed E-state index contributed by atoms with van der Waals surface area (Å²) >= 11 is 7.45. The Morgan fingerprint density at radius 3 is 2.70 bits per heavy atom. The molecule has 0 spiro atoms. The maximum atomic E-state index is 12.3. The van der Waals surface area contributed by atoms with Crippen LogP contribution < -0.4 is 5.32 Å². The summed E-state index contributed by atoms with van der Waals surface area (Å²) in [7, 11) is -3.34. The second-order valence-corrected chi connectivity index (χ2v) is 9.02. The molecule has 1 aliphatic rings. The van der Waals surface area contributed by atoms with Gasteiger partial charge >= 0.3 is 0 Å². The van der Waals surface area contributed by atoms with Gasteiger partial charge in [0.2, 0.25) is 15.9 Å². The summed E-state index contributed by atoms with van der Waals surface area (Å²) in [6.07, 6.45) is 3.44. The molecule has 2 rings (SSSR count). The van der Waals surface area contributed by atoms with Gasteiger partial charge in [0.15, 0.2) is 0 Å². The average molecular weight is 377 g/mol. The van der Waals surface area contributed by atoms with Crippen LogP contribution in [-0.2, 0) is 14.8 Å². The fraction of sp³-hybridized carbons (Fsp3) is 0.533. The quantitative estimate of drug-likeness (QED) is 0.611. The third-order valence-electron chi connectivity index (χ3n) is 3.67. The van der Waals surface area contributed by atoms with E-state index in [9.17, 15) is 13.2 Å². The summed E-state index contributed by atoms with van der Waals surface area (Å²) in [5.74, 6) is 0.519. The van der Waals surface area contributed by atoms with Crippen LogP contribution >= 0.6 is 23.4 Å². The Kier molecular flexibility index (Phi) is 6.76. The molecule has 0 bridgehead atoms. The van der Waals surface area contributed by atoms with Gasteiger partial charge in [-0.2, -0.15) is 4.31 Å². The summed E-state index contributed by atoms with van der Waals surface area (Å²) in [6, 6.07) is 6.95. The van der Waals surface area contributed by atoms with Crippen molar-refractivity contribution in [2.75, 3.05) is 25.1 Å². The van der Waals surface area contributed by atoms with E-state index in [4.69, 9.17) is 11.6 Å². The summed E-state index contributed by atoms with van der Waals surface area (Å²) < 4.78 is 24.9. The first-order chi connectivity index (χ1) is 10.9. The van der Waals surface area contributed by atoms with Gasteiger partial charge in [-0.3, -0.25) is 4.79 Å². The SMILES string of the molecule is CS(=O)(=O)N1CCCCC1C(=O)NCCSc1ccc(Cl)cc1. The van der Waals surface area contributed by atoms with Crippen LogP contribution in [0.15, 0.2) is 29.2 Å². The minimum Gasteiger partial charge on any atom is -0.354 e. The van der Waals surface area contributed by atoms with Crippen LogP contribution in [0.4, 0.5) is 0 Å². The van der Waals surface area contributed by atoms with Gasteiger partial charge in [-0.1, -0.05) is 18.0 Å². The third-order valence-corrected chi connectivity index (χ3v) is 6.22. The van der Waals surface area contributed by atoms with Crippen molar-refractivity contribution in [2.24, 2.45) is 0 Å². The van der Waals surface area contributed by atoms with E-state index in [0.717, 1.165) is 29.7 Å². The molecule has 128 valence electrons. The number of nitrogens with zero attached hydrogens (tertiary/aromatic N) is 1. The summed E-state index contributed by atoms with van der Waals surface area (Å²) in [4.78, 5) is 13.3. The van der Waals surface area contributed by atoms with Gasteiger partial charge in [0.1, 0.15) is 6.04 Å². The number of hydrogen-bond acceptors (Lipinski definition) is 4. The van der Waals surface area contributed by atoms with Crippen LogP contribution in [0.2, 0.25) is 5.02 Å². The van der Waals surface area contributed by atoms with Crippen molar-refractivity contribution in [1.29, 1.82) is 0 Å². The molecule has 5 nitrogen and oxygen atoms in total. The summed E-state index contributed by atoms with van der Waals surface area (Å²) in [5.41, 5.74) is 0. The predicted molar refractivity (Wildman–Crippen MR) is 94.4 cm³/mol. The van der Waals surface area contributed by atoms with Crippen LogP contribution in [0, 0.1) is 0 Å². The number of rotatable bonds is 6. The molecular weight excluding hydrogens is 356 g/mol. The smallest absolute Gasteiger partial charge is 0.238 e. The monoisotopic (exact) mass is 376 g/mol. The van der Waals surface area contributed by atoms with E-state index in [1.807, 2.05) is 24.3 Å². The number of thioether (sulfide) groups is 1. The Labute approximate surface area is 146 Å². The van der Waals surface area contributed by atoms with Gasteiger partial charge in [0, 0.05) is 28.8 Å². The molecule has 23 heavy (non-hydrogen) atoms. The zero-order valence-electron chi connectivity index (χ0n) is 13.0. The molecule has 1 heterocycles. The van der Waals surface area contributed by atoms with Crippen molar-refractivity contribution in [3.05, 3.63) is 29.3 Å². The lowest BCUT2D eigenvalue weighted by atomic mass is 10.0. The van der Waals surface area contributed by atoms with Gasteiger partial charge in [0.05, 0.1) is 6.26 Å². The minimum absolute atomic E-state index is 0.202. The lowest BCUT2D eigenvalue weighted by molar-refractivity contribution is -0.125. The number of nitrogens with one attached hydrogen (secondary N) is 1. The zero-order chi connectivity index (χ0) is 16.9. The Morgan fingerprint density at radius 2 is 2.04 bits per heavy atom. The van der Waals surface area contributed by atoms with E-state index in [2.05, 4.69) is 5.32 Å². The molecule has 1 atom stereocenters. The number of piperidine rings is 1. The lowest BCUT2D eigenvalue weighted by Gasteiger charge is -2.32. The molecule has 1 aromatic carbocycles. The number of amides is 1. The number of halogens is 1. The van der Waals surface area contributed by atoms with Crippen molar-refractivity contribution < 1.29 is 13.2 Å². The molecule has 1 amide bonds. The highest BCUT2D eigenvalue weighted by Gasteiger charge is 2.34. The summed E-state index contributed by atoms with van der Waals surface area (Å²) in [6.45, 7) is 0.927. The predicted octanol–water partition coefficient (Wildman–Crippen LogP) is 2.36. The largest absolute Gasteiger partial charge is 0.354 e. The van der Waals surface area contributed by atoms with Crippen LogP contribution in [0.3, 0.4) is 0 Å². The molecule has 0 aliphatic carbocycles. The maximum absolute atomic E-state index is 12.3. The molecule has 1 saturated heterocycles. The van der Waals surface area contributed by atoms with Gasteiger partial charge in [0.25, 0.3) is 0 Å². The first-order valence-electron chi connectivity index (χ1n) is 7.51. The zero-order valence-corrected chi connectivity index (χ0v) is 15.4. The van der Waals surface area contributed by atoms with E-state index in [0.29, 0.717) is 24.5 Å². The Balaban J connectivity index is 1.80. The van der Waals surface area contributed by atoms with Gasteiger partial charge < -0.3 is 5.32 Å². The fourth-order valence-corrected chi connectivity index (χ4v) is 4.57. The highest BCUT2D eigenvalue weighted by Crippen LogP contribution is 2.21. The topological polar surface area (TPSA) is 66.5 Å². The fourth-order valence-electron chi connectivity index (χ4n) is 2.56. The van der Waals surface area contributed by atoms with Crippen LogP contribution in [0.25, 0.3) is 0 Å².